The highest BCUT2D eigenvalue weighted by Crippen LogP contribution is 2.33. The molecule has 1 saturated heterocycles. The van der Waals surface area contributed by atoms with Crippen molar-refractivity contribution in [2.24, 2.45) is 0 Å². The topological polar surface area (TPSA) is 87.2 Å². The molecule has 1 aliphatic rings. The van der Waals surface area contributed by atoms with Crippen molar-refractivity contribution in [2.75, 3.05) is 25.1 Å². The molecular formula is C14H21N3O2S. The Morgan fingerprint density at radius 2 is 1.95 bits per heavy atom. The van der Waals surface area contributed by atoms with Gasteiger partial charge in [0.2, 0.25) is 10.0 Å². The van der Waals surface area contributed by atoms with E-state index in [1.165, 1.54) is 16.8 Å². The van der Waals surface area contributed by atoms with Crippen LogP contribution in [-0.4, -0.2) is 38.3 Å². The Morgan fingerprint density at radius 1 is 1.35 bits per heavy atom. The number of rotatable bonds is 3. The molecule has 5 nitrogen and oxygen atoms in total. The largest absolute Gasteiger partial charge is 0.398 e. The Morgan fingerprint density at radius 3 is 2.45 bits per heavy atom. The summed E-state index contributed by atoms with van der Waals surface area (Å²) in [5.74, 6) is 0.270. The van der Waals surface area contributed by atoms with E-state index in [4.69, 9.17) is 11.1 Å². The molecular weight excluding hydrogens is 274 g/mol. The maximum Gasteiger partial charge on any atom is 0.211 e. The van der Waals surface area contributed by atoms with Crippen LogP contribution in [0.25, 0.3) is 0 Å². The Labute approximate surface area is 120 Å². The summed E-state index contributed by atoms with van der Waals surface area (Å²) < 4.78 is 24.6. The van der Waals surface area contributed by atoms with Gasteiger partial charge in [0.1, 0.15) is 0 Å². The molecule has 6 heteroatoms. The molecule has 0 spiro atoms. The minimum atomic E-state index is -3.10. The number of sulfonamides is 1. The van der Waals surface area contributed by atoms with Crippen LogP contribution in [-0.2, 0) is 10.0 Å². The van der Waals surface area contributed by atoms with Gasteiger partial charge in [0, 0.05) is 30.6 Å². The average Bonchev–Trinajstić information content (AvgIpc) is 2.37. The number of nitrogen functional groups attached to an aromatic ring is 1. The van der Waals surface area contributed by atoms with Crippen LogP contribution in [0, 0.1) is 12.3 Å². The summed E-state index contributed by atoms with van der Waals surface area (Å²) in [5, 5.41) is 7.54. The van der Waals surface area contributed by atoms with Crippen LogP contribution in [0.3, 0.4) is 0 Å². The van der Waals surface area contributed by atoms with E-state index in [0.29, 0.717) is 18.8 Å². The van der Waals surface area contributed by atoms with Crippen LogP contribution in [0.15, 0.2) is 12.1 Å². The predicted octanol–water partition coefficient (Wildman–Crippen LogP) is 1.71. The van der Waals surface area contributed by atoms with Gasteiger partial charge in [-0.2, -0.15) is 0 Å². The van der Waals surface area contributed by atoms with E-state index in [9.17, 15) is 8.42 Å². The summed E-state index contributed by atoms with van der Waals surface area (Å²) >= 11 is 0. The molecule has 0 radical (unpaired) electrons. The number of nitrogens with one attached hydrogen (secondary N) is 1. The lowest BCUT2D eigenvalue weighted by atomic mass is 9.86. The zero-order chi connectivity index (χ0) is 14.9. The number of piperidine rings is 1. The van der Waals surface area contributed by atoms with Crippen LogP contribution < -0.4 is 5.73 Å². The average molecular weight is 295 g/mol. The summed E-state index contributed by atoms with van der Waals surface area (Å²) in [6, 6.07) is 3.94. The molecule has 1 aromatic carbocycles. The number of hydrogen-bond acceptors (Lipinski definition) is 4. The van der Waals surface area contributed by atoms with Crippen LogP contribution in [0.5, 0.6) is 0 Å². The fourth-order valence-corrected chi connectivity index (χ4v) is 3.73. The number of nitrogens with zero attached hydrogens (tertiary/aromatic N) is 1. The van der Waals surface area contributed by atoms with E-state index in [0.717, 1.165) is 29.5 Å². The third-order valence-electron chi connectivity index (χ3n) is 3.90. The first kappa shape index (κ1) is 15.0. The van der Waals surface area contributed by atoms with Crippen LogP contribution >= 0.6 is 0 Å². The first-order valence-electron chi connectivity index (χ1n) is 6.68. The summed E-state index contributed by atoms with van der Waals surface area (Å²) in [6.07, 6.45) is 4.10. The van der Waals surface area contributed by atoms with E-state index in [-0.39, 0.29) is 5.92 Å². The molecule has 3 N–H and O–H groups in total. The Hall–Kier alpha value is -1.40. The molecule has 0 amide bonds. The number of hydrogen-bond donors (Lipinski definition) is 2. The number of anilines is 1. The first-order chi connectivity index (χ1) is 9.32. The summed E-state index contributed by atoms with van der Waals surface area (Å²) in [4.78, 5) is 0. The molecule has 110 valence electrons. The smallest absolute Gasteiger partial charge is 0.211 e. The third-order valence-corrected chi connectivity index (χ3v) is 5.20. The van der Waals surface area contributed by atoms with Crippen molar-refractivity contribution in [1.82, 2.24) is 4.31 Å². The molecule has 0 atom stereocenters. The van der Waals surface area contributed by atoms with Gasteiger partial charge in [-0.3, -0.25) is 0 Å². The molecule has 1 aliphatic heterocycles. The second-order valence-corrected chi connectivity index (χ2v) is 7.42. The fourth-order valence-electron chi connectivity index (χ4n) is 2.86. The Bertz CT molecular complexity index is 618. The molecule has 0 saturated carbocycles. The van der Waals surface area contributed by atoms with Gasteiger partial charge in [-0.05, 0) is 42.9 Å². The van der Waals surface area contributed by atoms with E-state index in [2.05, 4.69) is 6.07 Å². The van der Waals surface area contributed by atoms with Gasteiger partial charge in [-0.15, -0.1) is 0 Å². The first-order valence-corrected chi connectivity index (χ1v) is 8.53. The van der Waals surface area contributed by atoms with E-state index < -0.39 is 10.0 Å². The maximum atomic E-state index is 11.5. The van der Waals surface area contributed by atoms with Crippen molar-refractivity contribution in [2.45, 2.75) is 25.7 Å². The van der Waals surface area contributed by atoms with E-state index in [1.807, 2.05) is 13.0 Å². The monoisotopic (exact) mass is 295 g/mol. The molecule has 2 rings (SSSR count). The highest BCUT2D eigenvalue weighted by atomic mass is 32.2. The van der Waals surface area contributed by atoms with Crippen molar-refractivity contribution in [3.63, 3.8) is 0 Å². The van der Waals surface area contributed by atoms with E-state index in [1.54, 1.807) is 0 Å². The summed E-state index contributed by atoms with van der Waals surface area (Å²) in [6.45, 7) is 3.06. The minimum absolute atomic E-state index is 0.270. The zero-order valence-electron chi connectivity index (χ0n) is 11.9. The number of nitrogens with two attached hydrogens (primary N) is 1. The summed E-state index contributed by atoms with van der Waals surface area (Å²) in [7, 11) is -3.10. The summed E-state index contributed by atoms with van der Waals surface area (Å²) in [5.41, 5.74) is 9.53. The van der Waals surface area contributed by atoms with Gasteiger partial charge in [0.05, 0.1) is 6.26 Å². The second-order valence-electron chi connectivity index (χ2n) is 5.44. The van der Waals surface area contributed by atoms with Crippen LogP contribution in [0.2, 0.25) is 0 Å². The van der Waals surface area contributed by atoms with Crippen molar-refractivity contribution in [1.29, 1.82) is 5.41 Å². The lowest BCUT2D eigenvalue weighted by Gasteiger charge is -2.31. The lowest BCUT2D eigenvalue weighted by molar-refractivity contribution is 0.321. The van der Waals surface area contributed by atoms with Crippen LogP contribution in [0.4, 0.5) is 5.69 Å². The molecule has 0 unspecified atom stereocenters. The molecule has 1 aromatic rings. The highest BCUT2D eigenvalue weighted by Gasteiger charge is 2.27. The molecule has 1 fully saturated rings. The van der Waals surface area contributed by atoms with Crippen molar-refractivity contribution < 1.29 is 8.42 Å². The van der Waals surface area contributed by atoms with Gasteiger partial charge < -0.3 is 11.1 Å². The molecule has 1 heterocycles. The standard InChI is InChI=1S/C14H21N3O2S/c1-10-7-12(13(9-15)14(16)8-10)11-3-5-17(6-4-11)20(2,18)19/h7-9,11,15H,3-6,16H2,1-2H3. The number of aryl methyl sites for hydroxylation is 1. The minimum Gasteiger partial charge on any atom is -0.398 e. The SMILES string of the molecule is Cc1cc(N)c(C=N)c(C2CCN(S(C)(=O)=O)CC2)c1. The zero-order valence-corrected chi connectivity index (χ0v) is 12.7. The van der Waals surface area contributed by atoms with Crippen molar-refractivity contribution >= 4 is 21.9 Å². The lowest BCUT2D eigenvalue weighted by Crippen LogP contribution is -2.37. The maximum absolute atomic E-state index is 11.5. The van der Waals surface area contributed by atoms with Gasteiger partial charge in [-0.1, -0.05) is 6.07 Å². The van der Waals surface area contributed by atoms with Crippen molar-refractivity contribution in [3.8, 4) is 0 Å². The van der Waals surface area contributed by atoms with Gasteiger partial charge in [0.15, 0.2) is 0 Å². The Balaban J connectivity index is 2.25. The van der Waals surface area contributed by atoms with Gasteiger partial charge in [-0.25, -0.2) is 12.7 Å². The molecule has 20 heavy (non-hydrogen) atoms. The second kappa shape index (κ2) is 5.54. The Kier molecular flexibility index (Phi) is 4.15. The normalized spacial score (nSPS) is 18.1. The highest BCUT2D eigenvalue weighted by molar-refractivity contribution is 7.88. The van der Waals surface area contributed by atoms with E-state index >= 15 is 0 Å². The van der Waals surface area contributed by atoms with Gasteiger partial charge in [0.25, 0.3) is 0 Å². The number of benzene rings is 1. The van der Waals surface area contributed by atoms with Crippen molar-refractivity contribution in [3.05, 3.63) is 28.8 Å². The molecule has 0 bridgehead atoms. The third kappa shape index (κ3) is 3.02. The van der Waals surface area contributed by atoms with Crippen LogP contribution in [0.1, 0.15) is 35.4 Å². The fraction of sp³-hybridized carbons (Fsp3) is 0.500. The van der Waals surface area contributed by atoms with Gasteiger partial charge >= 0.3 is 0 Å². The molecule has 0 aromatic heterocycles. The predicted molar refractivity (Wildman–Crippen MR) is 81.9 cm³/mol. The molecule has 0 aliphatic carbocycles. The quantitative estimate of drug-likeness (QED) is 0.657.